The zero-order valence-corrected chi connectivity index (χ0v) is 12.4. The highest BCUT2D eigenvalue weighted by Gasteiger charge is 2.20. The van der Waals surface area contributed by atoms with Gasteiger partial charge in [-0.05, 0) is 41.3 Å². The summed E-state index contributed by atoms with van der Waals surface area (Å²) in [6, 6.07) is 4.41. The van der Waals surface area contributed by atoms with Gasteiger partial charge in [0.1, 0.15) is 4.47 Å². The molecule has 0 radical (unpaired) electrons. The van der Waals surface area contributed by atoms with Gasteiger partial charge >= 0.3 is 0 Å². The summed E-state index contributed by atoms with van der Waals surface area (Å²) in [5, 5.41) is 13.6. The standard InChI is InChI=1S/C13H15BrN2O4/c14-12-10(4-1-5-11(12)16(18)19)13(17)15-7-6-9-3-2-8-20-9/h1,4-5,9H,2-3,6-8H2,(H,15,17). The van der Waals surface area contributed by atoms with Gasteiger partial charge in [0.05, 0.1) is 16.6 Å². The molecule has 1 unspecified atom stereocenters. The summed E-state index contributed by atoms with van der Waals surface area (Å²) in [5.41, 5.74) is 0.156. The van der Waals surface area contributed by atoms with Crippen LogP contribution in [0.25, 0.3) is 0 Å². The first-order valence-electron chi connectivity index (χ1n) is 6.42. The Balaban J connectivity index is 1.95. The fourth-order valence-electron chi connectivity index (χ4n) is 2.15. The fourth-order valence-corrected chi connectivity index (χ4v) is 2.74. The van der Waals surface area contributed by atoms with E-state index in [4.69, 9.17) is 4.74 Å². The molecule has 1 N–H and O–H groups in total. The Morgan fingerprint density at radius 1 is 1.55 bits per heavy atom. The second-order valence-electron chi connectivity index (χ2n) is 4.58. The lowest BCUT2D eigenvalue weighted by Gasteiger charge is -2.10. The van der Waals surface area contributed by atoms with Crippen LogP contribution in [0.4, 0.5) is 5.69 Å². The second-order valence-corrected chi connectivity index (χ2v) is 5.37. The number of carbonyl (C=O) groups is 1. The smallest absolute Gasteiger partial charge is 0.284 e. The van der Waals surface area contributed by atoms with Crippen molar-refractivity contribution in [2.24, 2.45) is 0 Å². The molecule has 0 aliphatic carbocycles. The van der Waals surface area contributed by atoms with Crippen molar-refractivity contribution in [3.63, 3.8) is 0 Å². The Morgan fingerprint density at radius 3 is 3.00 bits per heavy atom. The summed E-state index contributed by atoms with van der Waals surface area (Å²) < 4.78 is 5.67. The van der Waals surface area contributed by atoms with Crippen LogP contribution in [0.3, 0.4) is 0 Å². The maximum atomic E-state index is 12.0. The minimum absolute atomic E-state index is 0.114. The summed E-state index contributed by atoms with van der Waals surface area (Å²) in [4.78, 5) is 22.3. The van der Waals surface area contributed by atoms with Crippen LogP contribution in [-0.4, -0.2) is 30.1 Å². The summed E-state index contributed by atoms with van der Waals surface area (Å²) in [6.45, 7) is 1.29. The lowest BCUT2D eigenvalue weighted by Crippen LogP contribution is -2.27. The molecule has 2 rings (SSSR count). The van der Waals surface area contributed by atoms with Crippen molar-refractivity contribution >= 4 is 27.5 Å². The van der Waals surface area contributed by atoms with E-state index in [0.717, 1.165) is 25.9 Å². The average Bonchev–Trinajstić information content (AvgIpc) is 2.91. The topological polar surface area (TPSA) is 81.5 Å². The number of amides is 1. The van der Waals surface area contributed by atoms with Crippen LogP contribution in [0.15, 0.2) is 22.7 Å². The van der Waals surface area contributed by atoms with Crippen LogP contribution >= 0.6 is 15.9 Å². The van der Waals surface area contributed by atoms with E-state index >= 15 is 0 Å². The Bertz CT molecular complexity index is 515. The van der Waals surface area contributed by atoms with E-state index in [9.17, 15) is 14.9 Å². The van der Waals surface area contributed by atoms with Gasteiger partial charge in [0.25, 0.3) is 11.6 Å². The molecule has 1 aromatic rings. The second kappa shape index (κ2) is 6.81. The molecule has 1 fully saturated rings. The summed E-state index contributed by atoms with van der Waals surface area (Å²) >= 11 is 3.11. The summed E-state index contributed by atoms with van der Waals surface area (Å²) in [6.07, 6.45) is 3.06. The van der Waals surface area contributed by atoms with E-state index in [0.29, 0.717) is 6.54 Å². The number of nitro groups is 1. The van der Waals surface area contributed by atoms with Crippen molar-refractivity contribution in [1.29, 1.82) is 0 Å². The molecule has 0 bridgehead atoms. The quantitative estimate of drug-likeness (QED) is 0.658. The number of nitrogens with zero attached hydrogens (tertiary/aromatic N) is 1. The highest BCUT2D eigenvalue weighted by Crippen LogP contribution is 2.28. The molecule has 0 spiro atoms. The van der Waals surface area contributed by atoms with Gasteiger partial charge in [0.2, 0.25) is 0 Å². The fraction of sp³-hybridized carbons (Fsp3) is 0.462. The third kappa shape index (κ3) is 3.55. The first kappa shape index (κ1) is 14.9. The van der Waals surface area contributed by atoms with Crippen LogP contribution in [0, 0.1) is 10.1 Å². The largest absolute Gasteiger partial charge is 0.378 e. The molecule has 1 atom stereocenters. The van der Waals surface area contributed by atoms with Crippen molar-refractivity contribution in [2.75, 3.05) is 13.2 Å². The van der Waals surface area contributed by atoms with Gasteiger partial charge in [-0.25, -0.2) is 0 Å². The first-order chi connectivity index (χ1) is 9.59. The lowest BCUT2D eigenvalue weighted by atomic mass is 10.1. The highest BCUT2D eigenvalue weighted by atomic mass is 79.9. The molecule has 20 heavy (non-hydrogen) atoms. The number of nitro benzene ring substituents is 1. The van der Waals surface area contributed by atoms with E-state index in [-0.39, 0.29) is 27.7 Å². The SMILES string of the molecule is O=C(NCCC1CCCO1)c1cccc([N+](=O)[O-])c1Br. The number of hydrogen-bond acceptors (Lipinski definition) is 4. The van der Waals surface area contributed by atoms with Crippen LogP contribution in [0.2, 0.25) is 0 Å². The predicted octanol–water partition coefficient (Wildman–Crippen LogP) is 2.66. The average molecular weight is 343 g/mol. The monoisotopic (exact) mass is 342 g/mol. The number of rotatable bonds is 5. The minimum atomic E-state index is -0.521. The maximum Gasteiger partial charge on any atom is 0.284 e. The van der Waals surface area contributed by atoms with Crippen LogP contribution in [-0.2, 0) is 4.74 Å². The van der Waals surface area contributed by atoms with Gasteiger partial charge in [0.15, 0.2) is 0 Å². The molecule has 1 aromatic carbocycles. The van der Waals surface area contributed by atoms with Gasteiger partial charge in [-0.1, -0.05) is 6.07 Å². The van der Waals surface area contributed by atoms with Crippen LogP contribution in [0.5, 0.6) is 0 Å². The summed E-state index contributed by atoms with van der Waals surface area (Å²) in [7, 11) is 0. The van der Waals surface area contributed by atoms with Crippen molar-refractivity contribution < 1.29 is 14.5 Å². The molecule has 1 aliphatic rings. The number of nitrogens with one attached hydrogen (secondary N) is 1. The molecule has 0 aromatic heterocycles. The third-order valence-electron chi connectivity index (χ3n) is 3.20. The third-order valence-corrected chi connectivity index (χ3v) is 4.03. The number of halogens is 1. The molecule has 1 aliphatic heterocycles. The normalized spacial score (nSPS) is 17.9. The maximum absolute atomic E-state index is 12.0. The van der Waals surface area contributed by atoms with Gasteiger partial charge < -0.3 is 10.1 Å². The Labute approximate surface area is 124 Å². The number of hydrogen-bond donors (Lipinski definition) is 1. The number of carbonyl (C=O) groups excluding carboxylic acids is 1. The molecule has 108 valence electrons. The molecule has 1 amide bonds. The molecule has 1 saturated heterocycles. The molecular weight excluding hydrogens is 328 g/mol. The summed E-state index contributed by atoms with van der Waals surface area (Å²) in [5.74, 6) is -0.321. The van der Waals surface area contributed by atoms with Crippen molar-refractivity contribution in [1.82, 2.24) is 5.32 Å². The van der Waals surface area contributed by atoms with E-state index in [1.807, 2.05) is 0 Å². The first-order valence-corrected chi connectivity index (χ1v) is 7.21. The van der Waals surface area contributed by atoms with Gasteiger partial charge in [-0.2, -0.15) is 0 Å². The lowest BCUT2D eigenvalue weighted by molar-refractivity contribution is -0.385. The molecular formula is C13H15BrN2O4. The van der Waals surface area contributed by atoms with E-state index in [1.165, 1.54) is 12.1 Å². The van der Waals surface area contributed by atoms with E-state index in [2.05, 4.69) is 21.2 Å². The minimum Gasteiger partial charge on any atom is -0.378 e. The Hall–Kier alpha value is -1.47. The number of ether oxygens (including phenoxy) is 1. The van der Waals surface area contributed by atoms with Gasteiger partial charge in [0, 0.05) is 19.2 Å². The Kier molecular flexibility index (Phi) is 5.08. The van der Waals surface area contributed by atoms with Gasteiger partial charge in [-0.15, -0.1) is 0 Å². The van der Waals surface area contributed by atoms with Crippen LogP contribution in [0.1, 0.15) is 29.6 Å². The molecule has 7 heteroatoms. The zero-order valence-electron chi connectivity index (χ0n) is 10.8. The zero-order chi connectivity index (χ0) is 14.5. The molecule has 1 heterocycles. The van der Waals surface area contributed by atoms with Crippen LogP contribution < -0.4 is 5.32 Å². The van der Waals surface area contributed by atoms with Crippen molar-refractivity contribution in [2.45, 2.75) is 25.4 Å². The van der Waals surface area contributed by atoms with Gasteiger partial charge in [-0.3, -0.25) is 14.9 Å². The molecule has 6 nitrogen and oxygen atoms in total. The highest BCUT2D eigenvalue weighted by molar-refractivity contribution is 9.10. The van der Waals surface area contributed by atoms with E-state index < -0.39 is 4.92 Å². The predicted molar refractivity (Wildman–Crippen MR) is 76.7 cm³/mol. The van der Waals surface area contributed by atoms with Crippen molar-refractivity contribution in [3.8, 4) is 0 Å². The number of benzene rings is 1. The Morgan fingerprint density at radius 2 is 2.35 bits per heavy atom. The van der Waals surface area contributed by atoms with E-state index in [1.54, 1.807) is 6.07 Å². The molecule has 0 saturated carbocycles. The van der Waals surface area contributed by atoms with Crippen molar-refractivity contribution in [3.05, 3.63) is 38.3 Å².